The molecule has 4 heterocycles. The summed E-state index contributed by atoms with van der Waals surface area (Å²) in [7, 11) is 2.03. The maximum Gasteiger partial charge on any atom is 0.139 e. The Bertz CT molecular complexity index is 2150. The Morgan fingerprint density at radius 1 is 0.650 bits per heavy atom. The minimum atomic E-state index is 0.912. The lowest BCUT2D eigenvalue weighted by Crippen LogP contribution is -1.98. The molecule has 0 aliphatic rings. The first-order valence-corrected chi connectivity index (χ1v) is 14.0. The lowest BCUT2D eigenvalue weighted by Gasteiger charge is -2.13. The van der Waals surface area contributed by atoms with Crippen LogP contribution < -0.4 is 0 Å². The number of benzene rings is 4. The Balaban J connectivity index is 1.42. The van der Waals surface area contributed by atoms with E-state index in [1.165, 1.54) is 15.5 Å². The molecule has 0 fully saturated rings. The van der Waals surface area contributed by atoms with E-state index in [2.05, 4.69) is 104 Å². The van der Waals surface area contributed by atoms with Crippen molar-refractivity contribution in [1.29, 1.82) is 0 Å². The molecule has 0 radical (unpaired) electrons. The zero-order valence-electron chi connectivity index (χ0n) is 21.7. The third kappa shape index (κ3) is 3.65. The van der Waals surface area contributed by atoms with Gasteiger partial charge in [0.15, 0.2) is 0 Å². The van der Waals surface area contributed by atoms with E-state index in [1.54, 1.807) is 11.3 Å². The zero-order chi connectivity index (χ0) is 26.6. The molecule has 0 spiro atoms. The number of rotatable bonds is 4. The summed E-state index contributed by atoms with van der Waals surface area (Å²) in [5, 5.41) is 3.45. The van der Waals surface area contributed by atoms with Crippen molar-refractivity contribution < 1.29 is 0 Å². The minimum absolute atomic E-state index is 0.912. The summed E-state index contributed by atoms with van der Waals surface area (Å²) in [6, 6.07) is 36.3. The predicted octanol–water partition coefficient (Wildman–Crippen LogP) is 8.52. The van der Waals surface area contributed by atoms with Gasteiger partial charge in [0, 0.05) is 58.8 Å². The van der Waals surface area contributed by atoms with Crippen LogP contribution in [0, 0.1) is 0 Å². The number of aryl methyl sites for hydroxylation is 1. The predicted molar refractivity (Wildman–Crippen MR) is 165 cm³/mol. The van der Waals surface area contributed by atoms with E-state index in [-0.39, 0.29) is 0 Å². The molecule has 8 rings (SSSR count). The number of aromatic nitrogens is 5. The van der Waals surface area contributed by atoms with Crippen LogP contribution in [0.3, 0.4) is 0 Å². The smallest absolute Gasteiger partial charge is 0.139 e. The standard InChI is InChI=1S/C34H23N5S/c1-38-17-16-36-33(38)24-18-23(28-9-6-7-15-35-28)19-25(20-24)39-30-11-4-2-8-26(30)27-14-13-22(21-31(27)39)34-37-29-10-3-5-12-32(29)40-34/h2-21H,1H3. The average Bonchev–Trinajstić information content (AvgIpc) is 3.72. The second-order valence-corrected chi connectivity index (χ2v) is 10.9. The van der Waals surface area contributed by atoms with Crippen LogP contribution in [-0.2, 0) is 7.05 Å². The van der Waals surface area contributed by atoms with Crippen molar-refractivity contribution in [2.45, 2.75) is 0 Å². The second kappa shape index (κ2) is 9.00. The van der Waals surface area contributed by atoms with E-state index in [0.717, 1.165) is 55.5 Å². The number of nitrogens with zero attached hydrogens (tertiary/aromatic N) is 5. The fourth-order valence-electron chi connectivity index (χ4n) is 5.57. The monoisotopic (exact) mass is 533 g/mol. The number of para-hydroxylation sites is 2. The molecule has 0 saturated carbocycles. The van der Waals surface area contributed by atoms with Gasteiger partial charge in [-0.3, -0.25) is 4.98 Å². The second-order valence-electron chi connectivity index (χ2n) is 9.92. The van der Waals surface area contributed by atoms with Crippen LogP contribution >= 0.6 is 11.3 Å². The van der Waals surface area contributed by atoms with Gasteiger partial charge in [-0.05, 0) is 54.6 Å². The van der Waals surface area contributed by atoms with E-state index in [0.29, 0.717) is 0 Å². The number of hydrogen-bond acceptors (Lipinski definition) is 4. The van der Waals surface area contributed by atoms with E-state index in [4.69, 9.17) is 4.98 Å². The lowest BCUT2D eigenvalue weighted by atomic mass is 10.0. The van der Waals surface area contributed by atoms with Crippen LogP contribution in [0.4, 0.5) is 0 Å². The van der Waals surface area contributed by atoms with Gasteiger partial charge < -0.3 is 9.13 Å². The summed E-state index contributed by atoms with van der Waals surface area (Å²) >= 11 is 1.73. The first kappa shape index (κ1) is 22.9. The summed E-state index contributed by atoms with van der Waals surface area (Å²) in [6.45, 7) is 0. The summed E-state index contributed by atoms with van der Waals surface area (Å²) in [6.07, 6.45) is 5.66. The van der Waals surface area contributed by atoms with Gasteiger partial charge in [-0.15, -0.1) is 11.3 Å². The normalized spacial score (nSPS) is 11.6. The summed E-state index contributed by atoms with van der Waals surface area (Å²) in [4.78, 5) is 14.3. The van der Waals surface area contributed by atoms with E-state index in [1.807, 2.05) is 43.8 Å². The molecule has 6 heteroatoms. The molecule has 0 aliphatic heterocycles. The maximum absolute atomic E-state index is 4.95. The average molecular weight is 534 g/mol. The van der Waals surface area contributed by atoms with Crippen molar-refractivity contribution in [2.24, 2.45) is 7.05 Å². The number of fused-ring (bicyclic) bond motifs is 4. The molecule has 4 aromatic carbocycles. The fraction of sp³-hybridized carbons (Fsp3) is 0.0294. The van der Waals surface area contributed by atoms with Crippen molar-refractivity contribution in [3.05, 3.63) is 122 Å². The number of thiazole rings is 1. The third-order valence-electron chi connectivity index (χ3n) is 7.43. The van der Waals surface area contributed by atoms with Crippen molar-refractivity contribution in [2.75, 3.05) is 0 Å². The molecular formula is C34H23N5S. The van der Waals surface area contributed by atoms with Gasteiger partial charge in [-0.2, -0.15) is 0 Å². The molecule has 8 aromatic rings. The largest absolute Gasteiger partial charge is 0.334 e. The topological polar surface area (TPSA) is 48.5 Å². The number of imidazole rings is 1. The van der Waals surface area contributed by atoms with E-state index < -0.39 is 0 Å². The Hall–Kier alpha value is -5.07. The first-order valence-electron chi connectivity index (χ1n) is 13.2. The summed E-state index contributed by atoms with van der Waals surface area (Å²) in [5.41, 5.74) is 8.52. The fourth-order valence-corrected chi connectivity index (χ4v) is 6.53. The molecule has 190 valence electrons. The molecule has 5 nitrogen and oxygen atoms in total. The van der Waals surface area contributed by atoms with Crippen molar-refractivity contribution in [3.63, 3.8) is 0 Å². The van der Waals surface area contributed by atoms with Gasteiger partial charge >= 0.3 is 0 Å². The highest BCUT2D eigenvalue weighted by Crippen LogP contribution is 2.38. The van der Waals surface area contributed by atoms with Gasteiger partial charge in [-0.1, -0.05) is 48.5 Å². The molecule has 0 unspecified atom stereocenters. The molecule has 0 amide bonds. The highest BCUT2D eigenvalue weighted by Gasteiger charge is 2.17. The summed E-state index contributed by atoms with van der Waals surface area (Å²) < 4.78 is 5.61. The Morgan fingerprint density at radius 2 is 1.48 bits per heavy atom. The lowest BCUT2D eigenvalue weighted by molar-refractivity contribution is 0.924. The quantitative estimate of drug-likeness (QED) is 0.228. The number of hydrogen-bond donors (Lipinski definition) is 0. The highest BCUT2D eigenvalue weighted by molar-refractivity contribution is 7.21. The van der Waals surface area contributed by atoms with Crippen molar-refractivity contribution >= 4 is 43.4 Å². The van der Waals surface area contributed by atoms with E-state index in [9.17, 15) is 0 Å². The molecule has 0 aliphatic carbocycles. The van der Waals surface area contributed by atoms with Crippen molar-refractivity contribution in [1.82, 2.24) is 24.1 Å². The maximum atomic E-state index is 4.95. The molecule has 0 saturated heterocycles. The van der Waals surface area contributed by atoms with Gasteiger partial charge in [0.2, 0.25) is 0 Å². The Labute approximate surface area is 234 Å². The Kier molecular flexibility index (Phi) is 5.15. The highest BCUT2D eigenvalue weighted by atomic mass is 32.1. The van der Waals surface area contributed by atoms with E-state index >= 15 is 0 Å². The van der Waals surface area contributed by atoms with Crippen LogP contribution in [0.1, 0.15) is 0 Å². The van der Waals surface area contributed by atoms with Crippen LogP contribution in [0.2, 0.25) is 0 Å². The molecule has 0 bridgehead atoms. The molecule has 0 N–H and O–H groups in total. The van der Waals surface area contributed by atoms with Gasteiger partial charge in [0.1, 0.15) is 10.8 Å². The summed E-state index contributed by atoms with van der Waals surface area (Å²) in [5.74, 6) is 0.912. The van der Waals surface area contributed by atoms with Crippen LogP contribution in [-0.4, -0.2) is 24.1 Å². The van der Waals surface area contributed by atoms with Gasteiger partial charge in [0.25, 0.3) is 0 Å². The van der Waals surface area contributed by atoms with Crippen LogP contribution in [0.15, 0.2) is 122 Å². The Morgan fingerprint density at radius 3 is 2.33 bits per heavy atom. The van der Waals surface area contributed by atoms with Crippen LogP contribution in [0.5, 0.6) is 0 Å². The molecule has 0 atom stereocenters. The van der Waals surface area contributed by atoms with Crippen LogP contribution in [0.25, 0.3) is 70.9 Å². The van der Waals surface area contributed by atoms with Crippen molar-refractivity contribution in [3.8, 4) is 38.9 Å². The first-order chi connectivity index (χ1) is 19.7. The van der Waals surface area contributed by atoms with Gasteiger partial charge in [-0.25, -0.2) is 9.97 Å². The third-order valence-corrected chi connectivity index (χ3v) is 8.52. The molecule has 4 aromatic heterocycles. The minimum Gasteiger partial charge on any atom is -0.334 e. The number of pyridine rings is 1. The molecular weight excluding hydrogens is 510 g/mol. The zero-order valence-corrected chi connectivity index (χ0v) is 22.5. The van der Waals surface area contributed by atoms with Gasteiger partial charge in [0.05, 0.1) is 26.9 Å². The SMILES string of the molecule is Cn1ccnc1-c1cc(-c2ccccn2)cc(-n2c3ccccc3c3ccc(-c4nc5ccccc5s4)cc32)c1. The molecule has 40 heavy (non-hydrogen) atoms.